The molecule has 0 aromatic heterocycles. The fraction of sp³-hybridized carbons (Fsp3) is 0.588. The highest BCUT2D eigenvalue weighted by atomic mass is 16.1. The molecule has 2 aliphatic rings. The normalized spacial score (nSPS) is 30.6. The molecule has 1 heterocycles. The van der Waals surface area contributed by atoms with Gasteiger partial charge in [-0.1, -0.05) is 31.0 Å². The number of likely N-dealkylation sites (tertiary alicyclic amines) is 1. The van der Waals surface area contributed by atoms with Gasteiger partial charge < -0.3 is 10.2 Å². The fourth-order valence-corrected chi connectivity index (χ4v) is 3.90. The summed E-state index contributed by atoms with van der Waals surface area (Å²) in [5, 5.41) is 3.29. The molecule has 1 aromatic carbocycles. The van der Waals surface area contributed by atoms with Gasteiger partial charge >= 0.3 is 0 Å². The first-order valence-electron chi connectivity index (χ1n) is 7.82. The first kappa shape index (κ1) is 13.6. The Morgan fingerprint density at radius 2 is 1.90 bits per heavy atom. The summed E-state index contributed by atoms with van der Waals surface area (Å²) >= 11 is 0. The summed E-state index contributed by atoms with van der Waals surface area (Å²) in [7, 11) is 2.23. The number of amides is 1. The minimum absolute atomic E-state index is 0.0875. The number of fused-ring (bicyclic) bond motifs is 1. The van der Waals surface area contributed by atoms with Gasteiger partial charge in [0.15, 0.2) is 0 Å². The molecule has 1 aromatic rings. The van der Waals surface area contributed by atoms with Crippen LogP contribution in [0.4, 0.5) is 0 Å². The molecule has 3 atom stereocenters. The van der Waals surface area contributed by atoms with Gasteiger partial charge in [0.25, 0.3) is 5.91 Å². The molecule has 3 rings (SSSR count). The van der Waals surface area contributed by atoms with Crippen LogP contribution in [0.1, 0.15) is 42.5 Å². The van der Waals surface area contributed by atoms with Crippen molar-refractivity contribution >= 4 is 5.91 Å². The van der Waals surface area contributed by atoms with Crippen molar-refractivity contribution in [1.82, 2.24) is 10.2 Å². The molecular formula is C17H24N2O. The molecule has 1 aliphatic carbocycles. The molecule has 2 fully saturated rings. The Morgan fingerprint density at radius 1 is 1.15 bits per heavy atom. The third kappa shape index (κ3) is 2.73. The second-order valence-corrected chi connectivity index (χ2v) is 6.23. The van der Waals surface area contributed by atoms with E-state index in [2.05, 4.69) is 17.3 Å². The van der Waals surface area contributed by atoms with Gasteiger partial charge in [0.05, 0.1) is 0 Å². The van der Waals surface area contributed by atoms with Crippen molar-refractivity contribution in [2.24, 2.45) is 5.92 Å². The molecule has 1 N–H and O–H groups in total. The Morgan fingerprint density at radius 3 is 2.70 bits per heavy atom. The first-order valence-corrected chi connectivity index (χ1v) is 7.82. The van der Waals surface area contributed by atoms with E-state index in [0.717, 1.165) is 18.5 Å². The average Bonchev–Trinajstić information content (AvgIpc) is 2.51. The lowest BCUT2D eigenvalue weighted by molar-refractivity contribution is 0.0505. The van der Waals surface area contributed by atoms with Crippen molar-refractivity contribution in [3.8, 4) is 0 Å². The van der Waals surface area contributed by atoms with E-state index in [1.807, 2.05) is 30.3 Å². The van der Waals surface area contributed by atoms with E-state index in [4.69, 9.17) is 0 Å². The minimum Gasteiger partial charge on any atom is -0.349 e. The molecule has 1 saturated heterocycles. The standard InChI is InChI=1S/C17H24N2O/c1-19-12-11-15(14-9-5-6-10-16(14)19)18-17(20)13-7-3-2-4-8-13/h2-4,7-8,14-16H,5-6,9-12H2,1H3,(H,18,20)/t14-,15-,16-/m0/s1. The van der Waals surface area contributed by atoms with E-state index < -0.39 is 0 Å². The van der Waals surface area contributed by atoms with Crippen molar-refractivity contribution < 1.29 is 4.79 Å². The third-order valence-electron chi connectivity index (χ3n) is 5.01. The number of carbonyl (C=O) groups excluding carboxylic acids is 1. The van der Waals surface area contributed by atoms with Gasteiger partial charge in [-0.15, -0.1) is 0 Å². The highest BCUT2D eigenvalue weighted by molar-refractivity contribution is 5.94. The van der Waals surface area contributed by atoms with Gasteiger partial charge in [0, 0.05) is 24.2 Å². The Bertz CT molecular complexity index is 459. The van der Waals surface area contributed by atoms with Gasteiger partial charge in [0.1, 0.15) is 0 Å². The summed E-state index contributed by atoms with van der Waals surface area (Å²) in [4.78, 5) is 14.8. The maximum atomic E-state index is 12.3. The number of rotatable bonds is 2. The van der Waals surface area contributed by atoms with Crippen molar-refractivity contribution in [3.63, 3.8) is 0 Å². The van der Waals surface area contributed by atoms with E-state index in [1.165, 1.54) is 25.7 Å². The van der Waals surface area contributed by atoms with Crippen molar-refractivity contribution in [1.29, 1.82) is 0 Å². The van der Waals surface area contributed by atoms with E-state index in [1.54, 1.807) is 0 Å². The zero-order valence-electron chi connectivity index (χ0n) is 12.2. The highest BCUT2D eigenvalue weighted by Gasteiger charge is 2.38. The quantitative estimate of drug-likeness (QED) is 0.897. The lowest BCUT2D eigenvalue weighted by atomic mass is 9.75. The summed E-state index contributed by atoms with van der Waals surface area (Å²) in [6.07, 6.45) is 6.28. The topological polar surface area (TPSA) is 32.3 Å². The molecule has 0 bridgehead atoms. The van der Waals surface area contributed by atoms with Crippen LogP contribution in [-0.4, -0.2) is 36.5 Å². The van der Waals surface area contributed by atoms with Crippen LogP contribution in [0.25, 0.3) is 0 Å². The number of nitrogens with one attached hydrogen (secondary N) is 1. The number of piperidine rings is 1. The predicted octanol–water partition coefficient (Wildman–Crippen LogP) is 2.68. The number of carbonyl (C=O) groups is 1. The molecule has 3 nitrogen and oxygen atoms in total. The van der Waals surface area contributed by atoms with Gasteiger partial charge in [-0.05, 0) is 44.4 Å². The van der Waals surface area contributed by atoms with Crippen LogP contribution in [0.5, 0.6) is 0 Å². The molecule has 1 aliphatic heterocycles. The predicted molar refractivity (Wildman–Crippen MR) is 80.7 cm³/mol. The van der Waals surface area contributed by atoms with Gasteiger partial charge in [-0.2, -0.15) is 0 Å². The number of hydrogen-bond acceptors (Lipinski definition) is 2. The third-order valence-corrected chi connectivity index (χ3v) is 5.01. The smallest absolute Gasteiger partial charge is 0.251 e. The summed E-state index contributed by atoms with van der Waals surface area (Å²) < 4.78 is 0. The fourth-order valence-electron chi connectivity index (χ4n) is 3.90. The Kier molecular flexibility index (Phi) is 4.06. The van der Waals surface area contributed by atoms with Crippen molar-refractivity contribution in [3.05, 3.63) is 35.9 Å². The molecule has 0 spiro atoms. The van der Waals surface area contributed by atoms with Crippen LogP contribution in [-0.2, 0) is 0 Å². The monoisotopic (exact) mass is 272 g/mol. The largest absolute Gasteiger partial charge is 0.349 e. The second kappa shape index (κ2) is 5.96. The highest BCUT2D eigenvalue weighted by Crippen LogP contribution is 2.34. The molecule has 0 radical (unpaired) electrons. The second-order valence-electron chi connectivity index (χ2n) is 6.23. The van der Waals surface area contributed by atoms with E-state index in [-0.39, 0.29) is 5.91 Å². The van der Waals surface area contributed by atoms with E-state index >= 15 is 0 Å². The zero-order valence-corrected chi connectivity index (χ0v) is 12.2. The Hall–Kier alpha value is -1.35. The molecule has 0 unspecified atom stereocenters. The summed E-state index contributed by atoms with van der Waals surface area (Å²) in [5.74, 6) is 0.722. The molecule has 1 amide bonds. The number of benzene rings is 1. The van der Waals surface area contributed by atoms with Crippen LogP contribution in [0.15, 0.2) is 30.3 Å². The minimum atomic E-state index is 0.0875. The Labute approximate surface area is 121 Å². The lowest BCUT2D eigenvalue weighted by Gasteiger charge is -2.46. The van der Waals surface area contributed by atoms with Crippen LogP contribution < -0.4 is 5.32 Å². The maximum Gasteiger partial charge on any atom is 0.251 e. The van der Waals surface area contributed by atoms with Crippen molar-refractivity contribution in [2.75, 3.05) is 13.6 Å². The first-order chi connectivity index (χ1) is 9.75. The van der Waals surface area contributed by atoms with Crippen LogP contribution >= 0.6 is 0 Å². The molecule has 3 heteroatoms. The average molecular weight is 272 g/mol. The maximum absolute atomic E-state index is 12.3. The van der Waals surface area contributed by atoms with Gasteiger partial charge in [-0.3, -0.25) is 4.79 Å². The van der Waals surface area contributed by atoms with Crippen LogP contribution in [0.2, 0.25) is 0 Å². The van der Waals surface area contributed by atoms with Crippen molar-refractivity contribution in [2.45, 2.75) is 44.2 Å². The molecule has 20 heavy (non-hydrogen) atoms. The SMILES string of the molecule is CN1CC[C@H](NC(=O)c2ccccc2)[C@@H]2CCCC[C@@H]21. The number of hydrogen-bond donors (Lipinski definition) is 1. The molecular weight excluding hydrogens is 248 g/mol. The van der Waals surface area contributed by atoms with E-state index in [9.17, 15) is 4.79 Å². The summed E-state index contributed by atoms with van der Waals surface area (Å²) in [6.45, 7) is 1.10. The zero-order chi connectivity index (χ0) is 13.9. The van der Waals surface area contributed by atoms with Gasteiger partial charge in [-0.25, -0.2) is 0 Å². The van der Waals surface area contributed by atoms with E-state index in [0.29, 0.717) is 18.0 Å². The lowest BCUT2D eigenvalue weighted by Crippen LogP contribution is -2.56. The van der Waals surface area contributed by atoms with Crippen LogP contribution in [0.3, 0.4) is 0 Å². The Balaban J connectivity index is 1.69. The summed E-state index contributed by atoms with van der Waals surface area (Å²) in [5.41, 5.74) is 0.777. The molecule has 108 valence electrons. The molecule has 1 saturated carbocycles. The van der Waals surface area contributed by atoms with Crippen LogP contribution in [0, 0.1) is 5.92 Å². The van der Waals surface area contributed by atoms with Gasteiger partial charge in [0.2, 0.25) is 0 Å². The summed E-state index contributed by atoms with van der Waals surface area (Å²) in [6, 6.07) is 10.6. The number of nitrogens with zero attached hydrogens (tertiary/aromatic N) is 1.